The molecule has 0 radical (unpaired) electrons. The van der Waals surface area contributed by atoms with Gasteiger partial charge in [0.05, 0.1) is 17.8 Å². The molecule has 1 saturated heterocycles. The Morgan fingerprint density at radius 1 is 1.29 bits per heavy atom. The van der Waals surface area contributed by atoms with E-state index < -0.39 is 0 Å². The maximum absolute atomic E-state index is 5.27. The molecule has 8 nitrogen and oxygen atoms in total. The fourth-order valence-electron chi connectivity index (χ4n) is 3.18. The van der Waals surface area contributed by atoms with Crippen LogP contribution in [0, 0.1) is 6.92 Å². The van der Waals surface area contributed by atoms with Gasteiger partial charge in [0.2, 0.25) is 11.8 Å². The SMILES string of the molecule is CN=C(NCCc1ccncc1C)N1CCN(c2ncc(Br)c(OC)n2)CC1. The van der Waals surface area contributed by atoms with Gasteiger partial charge in [-0.05, 0) is 46.5 Å². The Kier molecular flexibility index (Phi) is 7.02. The predicted molar refractivity (Wildman–Crippen MR) is 114 cm³/mol. The Balaban J connectivity index is 1.52. The van der Waals surface area contributed by atoms with Crippen LogP contribution in [0.15, 0.2) is 34.1 Å². The highest BCUT2D eigenvalue weighted by atomic mass is 79.9. The number of ether oxygens (including phenoxy) is 1. The third kappa shape index (κ3) is 4.89. The molecule has 2 aromatic rings. The molecule has 1 N–H and O–H groups in total. The zero-order chi connectivity index (χ0) is 19.9. The Morgan fingerprint density at radius 2 is 2.07 bits per heavy atom. The highest BCUT2D eigenvalue weighted by Crippen LogP contribution is 2.23. The summed E-state index contributed by atoms with van der Waals surface area (Å²) in [7, 11) is 3.44. The van der Waals surface area contributed by atoms with Crippen LogP contribution in [0.25, 0.3) is 0 Å². The molecule has 0 spiro atoms. The summed E-state index contributed by atoms with van der Waals surface area (Å²) in [4.78, 5) is 21.9. The van der Waals surface area contributed by atoms with Gasteiger partial charge >= 0.3 is 0 Å². The lowest BCUT2D eigenvalue weighted by atomic mass is 10.1. The van der Waals surface area contributed by atoms with Crippen molar-refractivity contribution >= 4 is 27.8 Å². The molecule has 9 heteroatoms. The van der Waals surface area contributed by atoms with Gasteiger partial charge in [-0.3, -0.25) is 9.98 Å². The van der Waals surface area contributed by atoms with Gasteiger partial charge in [0.1, 0.15) is 0 Å². The number of hydrogen-bond donors (Lipinski definition) is 1. The number of rotatable bonds is 5. The van der Waals surface area contributed by atoms with Crippen LogP contribution in [0.4, 0.5) is 5.95 Å². The zero-order valence-corrected chi connectivity index (χ0v) is 18.1. The molecule has 3 heterocycles. The van der Waals surface area contributed by atoms with Crippen LogP contribution in [-0.4, -0.2) is 72.7 Å². The molecule has 1 fully saturated rings. The van der Waals surface area contributed by atoms with Crippen LogP contribution in [0.1, 0.15) is 11.1 Å². The molecular weight excluding hydrogens is 422 g/mol. The predicted octanol–water partition coefficient (Wildman–Crippen LogP) is 1.89. The van der Waals surface area contributed by atoms with Crippen LogP contribution >= 0.6 is 15.9 Å². The zero-order valence-electron chi connectivity index (χ0n) is 16.5. The van der Waals surface area contributed by atoms with Gasteiger partial charge in [0.25, 0.3) is 0 Å². The number of guanidine groups is 1. The van der Waals surface area contributed by atoms with Gasteiger partial charge in [0.15, 0.2) is 5.96 Å². The second-order valence-corrected chi connectivity index (χ2v) is 7.38. The molecule has 0 atom stereocenters. The van der Waals surface area contributed by atoms with E-state index in [4.69, 9.17) is 4.74 Å². The molecule has 1 aliphatic rings. The van der Waals surface area contributed by atoms with Crippen LogP contribution in [0.2, 0.25) is 0 Å². The largest absolute Gasteiger partial charge is 0.480 e. The quantitative estimate of drug-likeness (QED) is 0.553. The van der Waals surface area contributed by atoms with Crippen molar-refractivity contribution in [1.82, 2.24) is 25.2 Å². The summed E-state index contributed by atoms with van der Waals surface area (Å²) in [5.41, 5.74) is 2.53. The van der Waals surface area contributed by atoms with Crippen molar-refractivity contribution < 1.29 is 4.74 Å². The molecule has 0 saturated carbocycles. The van der Waals surface area contributed by atoms with Crippen molar-refractivity contribution in [2.45, 2.75) is 13.3 Å². The molecule has 0 aliphatic carbocycles. The number of methoxy groups -OCH3 is 1. The topological polar surface area (TPSA) is 78.8 Å². The van der Waals surface area contributed by atoms with E-state index in [1.807, 2.05) is 19.4 Å². The van der Waals surface area contributed by atoms with Crippen molar-refractivity contribution in [3.8, 4) is 5.88 Å². The van der Waals surface area contributed by atoms with E-state index in [0.717, 1.165) is 49.6 Å². The number of aliphatic imine (C=N–C) groups is 1. The summed E-state index contributed by atoms with van der Waals surface area (Å²) >= 11 is 3.39. The second kappa shape index (κ2) is 9.68. The Hall–Kier alpha value is -2.42. The van der Waals surface area contributed by atoms with Gasteiger partial charge in [-0.1, -0.05) is 0 Å². The minimum atomic E-state index is 0.552. The number of aryl methyl sites for hydroxylation is 1. The van der Waals surface area contributed by atoms with E-state index in [1.165, 1.54) is 11.1 Å². The number of pyridine rings is 1. The number of halogens is 1. The molecule has 3 rings (SSSR count). The molecule has 0 bridgehead atoms. The Morgan fingerprint density at radius 3 is 2.75 bits per heavy atom. The first-order chi connectivity index (χ1) is 13.6. The molecule has 0 amide bonds. The lowest BCUT2D eigenvalue weighted by molar-refractivity contribution is 0.366. The number of piperazine rings is 1. The molecule has 2 aromatic heterocycles. The summed E-state index contributed by atoms with van der Waals surface area (Å²) in [6, 6.07) is 2.07. The van der Waals surface area contributed by atoms with Crippen LogP contribution in [0.3, 0.4) is 0 Å². The minimum absolute atomic E-state index is 0.552. The van der Waals surface area contributed by atoms with E-state index in [-0.39, 0.29) is 0 Å². The van der Waals surface area contributed by atoms with Crippen LogP contribution in [0.5, 0.6) is 5.88 Å². The van der Waals surface area contributed by atoms with Crippen LogP contribution < -0.4 is 15.0 Å². The number of nitrogens with one attached hydrogen (secondary N) is 1. The Bertz CT molecular complexity index is 822. The van der Waals surface area contributed by atoms with E-state index >= 15 is 0 Å². The minimum Gasteiger partial charge on any atom is -0.480 e. The number of anilines is 1. The maximum Gasteiger partial charge on any atom is 0.232 e. The molecule has 150 valence electrons. The van der Waals surface area contributed by atoms with Crippen molar-refractivity contribution in [3.05, 3.63) is 40.3 Å². The lowest BCUT2D eigenvalue weighted by Crippen LogP contribution is -2.53. The summed E-state index contributed by atoms with van der Waals surface area (Å²) in [6.07, 6.45) is 6.42. The van der Waals surface area contributed by atoms with Crippen molar-refractivity contribution in [2.75, 3.05) is 51.8 Å². The first-order valence-electron chi connectivity index (χ1n) is 9.29. The highest BCUT2D eigenvalue weighted by Gasteiger charge is 2.22. The molecule has 28 heavy (non-hydrogen) atoms. The van der Waals surface area contributed by atoms with Crippen molar-refractivity contribution in [3.63, 3.8) is 0 Å². The number of aromatic nitrogens is 3. The van der Waals surface area contributed by atoms with E-state index in [0.29, 0.717) is 11.8 Å². The molecule has 1 aliphatic heterocycles. The van der Waals surface area contributed by atoms with E-state index in [2.05, 4.69) is 64.0 Å². The van der Waals surface area contributed by atoms with Gasteiger partial charge in [-0.2, -0.15) is 4.98 Å². The molecular formula is C19H26BrN7O. The monoisotopic (exact) mass is 447 g/mol. The highest BCUT2D eigenvalue weighted by molar-refractivity contribution is 9.10. The first-order valence-corrected chi connectivity index (χ1v) is 10.1. The van der Waals surface area contributed by atoms with Gasteiger partial charge in [-0.15, -0.1) is 0 Å². The Labute approximate surface area is 174 Å². The first kappa shape index (κ1) is 20.3. The maximum atomic E-state index is 5.27. The van der Waals surface area contributed by atoms with Gasteiger partial charge in [-0.25, -0.2) is 4.98 Å². The summed E-state index contributed by atoms with van der Waals surface area (Å²) in [6.45, 7) is 6.30. The third-order valence-corrected chi connectivity index (χ3v) is 5.32. The summed E-state index contributed by atoms with van der Waals surface area (Å²) in [5.74, 6) is 2.17. The standard InChI is InChI=1S/C19H26BrN7O/c1-14-12-22-6-4-15(14)5-7-23-18(21-2)26-8-10-27(11-9-26)19-24-13-16(20)17(25-19)28-3/h4,6,12-13H,5,7-11H2,1-3H3,(H,21,23). The van der Waals surface area contributed by atoms with E-state index in [9.17, 15) is 0 Å². The molecule has 0 unspecified atom stereocenters. The second-order valence-electron chi connectivity index (χ2n) is 6.53. The van der Waals surface area contributed by atoms with E-state index in [1.54, 1.807) is 13.3 Å². The summed E-state index contributed by atoms with van der Waals surface area (Å²) in [5, 5.41) is 3.47. The summed E-state index contributed by atoms with van der Waals surface area (Å²) < 4.78 is 6.03. The fraction of sp³-hybridized carbons (Fsp3) is 0.474. The molecule has 0 aromatic carbocycles. The van der Waals surface area contributed by atoms with Crippen LogP contribution in [-0.2, 0) is 6.42 Å². The van der Waals surface area contributed by atoms with Gasteiger partial charge in [0, 0.05) is 52.2 Å². The third-order valence-electron chi connectivity index (χ3n) is 4.78. The van der Waals surface area contributed by atoms with Crippen molar-refractivity contribution in [1.29, 1.82) is 0 Å². The average molecular weight is 448 g/mol. The smallest absolute Gasteiger partial charge is 0.232 e. The normalized spacial score (nSPS) is 14.9. The number of hydrogen-bond acceptors (Lipinski definition) is 6. The number of nitrogens with zero attached hydrogens (tertiary/aromatic N) is 6. The fourth-order valence-corrected chi connectivity index (χ4v) is 3.53. The van der Waals surface area contributed by atoms with Gasteiger partial charge < -0.3 is 19.9 Å². The van der Waals surface area contributed by atoms with Crippen molar-refractivity contribution in [2.24, 2.45) is 4.99 Å². The average Bonchev–Trinajstić information content (AvgIpc) is 2.73. The lowest BCUT2D eigenvalue weighted by Gasteiger charge is -2.36.